The number of benzene rings is 1. The molecule has 6 heteroatoms. The molecule has 1 aromatic carbocycles. The third-order valence-corrected chi connectivity index (χ3v) is 3.30. The average Bonchev–Trinajstić information content (AvgIpc) is 2.59. The van der Waals surface area contributed by atoms with Crippen molar-refractivity contribution in [2.75, 3.05) is 36.8 Å². The first-order valence-corrected chi connectivity index (χ1v) is 6.43. The highest BCUT2D eigenvalue weighted by atomic mass is 35.5. The van der Waals surface area contributed by atoms with Crippen molar-refractivity contribution in [1.29, 1.82) is 0 Å². The largest absolute Gasteiger partial charge is 0.421 e. The van der Waals surface area contributed by atoms with Crippen LogP contribution in [0.25, 0.3) is 11.1 Å². The van der Waals surface area contributed by atoms with Gasteiger partial charge in [0.15, 0.2) is 5.58 Å². The summed E-state index contributed by atoms with van der Waals surface area (Å²) in [7, 11) is 0. The van der Waals surface area contributed by atoms with Crippen molar-refractivity contribution in [3.05, 3.63) is 17.2 Å². The summed E-state index contributed by atoms with van der Waals surface area (Å²) in [6, 6.07) is 4.08. The number of anilines is 2. The SMILES string of the molecule is Nc1cc(Cl)cc2nc(N3CCCNCC3)oc12. The van der Waals surface area contributed by atoms with Gasteiger partial charge in [-0.15, -0.1) is 0 Å². The number of nitrogen functional groups attached to an aromatic ring is 1. The van der Waals surface area contributed by atoms with E-state index in [0.717, 1.165) is 32.6 Å². The van der Waals surface area contributed by atoms with Gasteiger partial charge in [0, 0.05) is 24.7 Å². The van der Waals surface area contributed by atoms with Gasteiger partial charge < -0.3 is 20.4 Å². The lowest BCUT2D eigenvalue weighted by Crippen LogP contribution is -2.27. The lowest BCUT2D eigenvalue weighted by Gasteiger charge is -2.16. The summed E-state index contributed by atoms with van der Waals surface area (Å²) >= 11 is 5.96. The van der Waals surface area contributed by atoms with E-state index in [1.165, 1.54) is 0 Å². The Labute approximate surface area is 110 Å². The fraction of sp³-hybridized carbons (Fsp3) is 0.417. The molecular weight excluding hydrogens is 252 g/mol. The van der Waals surface area contributed by atoms with Crippen LogP contribution in [0.1, 0.15) is 6.42 Å². The first kappa shape index (κ1) is 11.6. The molecule has 1 saturated heterocycles. The molecule has 1 fully saturated rings. The minimum atomic E-state index is 0.532. The zero-order chi connectivity index (χ0) is 12.5. The number of rotatable bonds is 1. The monoisotopic (exact) mass is 266 g/mol. The second-order valence-electron chi connectivity index (χ2n) is 4.43. The van der Waals surface area contributed by atoms with Crippen LogP contribution in [0.5, 0.6) is 0 Å². The second kappa shape index (κ2) is 4.66. The average molecular weight is 267 g/mol. The predicted molar refractivity (Wildman–Crippen MR) is 73.1 cm³/mol. The van der Waals surface area contributed by atoms with E-state index >= 15 is 0 Å². The number of oxazole rings is 1. The number of nitrogens with two attached hydrogens (primary N) is 1. The molecule has 1 aliphatic heterocycles. The van der Waals surface area contributed by atoms with Gasteiger partial charge in [-0.05, 0) is 25.1 Å². The molecule has 2 aromatic rings. The fourth-order valence-electron chi connectivity index (χ4n) is 2.18. The molecular formula is C12H15ClN4O. The maximum atomic E-state index is 5.96. The molecule has 0 spiro atoms. The van der Waals surface area contributed by atoms with Crippen LogP contribution in [0.3, 0.4) is 0 Å². The molecule has 18 heavy (non-hydrogen) atoms. The van der Waals surface area contributed by atoms with Crippen molar-refractivity contribution < 1.29 is 4.42 Å². The molecule has 3 N–H and O–H groups in total. The highest BCUT2D eigenvalue weighted by Crippen LogP contribution is 2.29. The molecule has 1 aromatic heterocycles. The Hall–Kier alpha value is -1.46. The molecule has 0 unspecified atom stereocenters. The number of nitrogens with zero attached hydrogens (tertiary/aromatic N) is 2. The van der Waals surface area contributed by atoms with Crippen molar-refractivity contribution in [1.82, 2.24) is 10.3 Å². The van der Waals surface area contributed by atoms with Gasteiger partial charge in [-0.1, -0.05) is 11.6 Å². The minimum absolute atomic E-state index is 0.532. The number of fused-ring (bicyclic) bond motifs is 1. The second-order valence-corrected chi connectivity index (χ2v) is 4.87. The van der Waals surface area contributed by atoms with E-state index in [4.69, 9.17) is 21.8 Å². The summed E-state index contributed by atoms with van der Waals surface area (Å²) in [5.41, 5.74) is 7.75. The summed E-state index contributed by atoms with van der Waals surface area (Å²) in [5, 5.41) is 3.93. The zero-order valence-corrected chi connectivity index (χ0v) is 10.7. The quantitative estimate of drug-likeness (QED) is 0.772. The number of aromatic nitrogens is 1. The third-order valence-electron chi connectivity index (χ3n) is 3.08. The van der Waals surface area contributed by atoms with E-state index in [-0.39, 0.29) is 0 Å². The van der Waals surface area contributed by atoms with Crippen molar-refractivity contribution >= 4 is 34.4 Å². The first-order valence-electron chi connectivity index (χ1n) is 6.05. The van der Waals surface area contributed by atoms with E-state index < -0.39 is 0 Å². The van der Waals surface area contributed by atoms with Crippen LogP contribution in [-0.4, -0.2) is 31.2 Å². The van der Waals surface area contributed by atoms with Gasteiger partial charge in [-0.25, -0.2) is 0 Å². The number of hydrogen-bond donors (Lipinski definition) is 2. The van der Waals surface area contributed by atoms with E-state index in [2.05, 4.69) is 15.2 Å². The Bertz CT molecular complexity index is 560. The highest BCUT2D eigenvalue weighted by molar-refractivity contribution is 6.31. The Balaban J connectivity index is 1.99. The topological polar surface area (TPSA) is 67.3 Å². The summed E-state index contributed by atoms with van der Waals surface area (Å²) in [6.07, 6.45) is 1.08. The van der Waals surface area contributed by atoms with Crippen LogP contribution in [0, 0.1) is 0 Å². The van der Waals surface area contributed by atoms with Crippen LogP contribution >= 0.6 is 11.6 Å². The van der Waals surface area contributed by atoms with Crippen molar-refractivity contribution in [3.63, 3.8) is 0 Å². The number of nitrogens with one attached hydrogen (secondary N) is 1. The van der Waals surface area contributed by atoms with Gasteiger partial charge in [0.1, 0.15) is 5.52 Å². The molecule has 1 aliphatic rings. The Morgan fingerprint density at radius 2 is 2.22 bits per heavy atom. The molecule has 96 valence electrons. The first-order chi connectivity index (χ1) is 8.74. The van der Waals surface area contributed by atoms with Crippen molar-refractivity contribution in [2.24, 2.45) is 0 Å². The molecule has 5 nitrogen and oxygen atoms in total. The Morgan fingerprint density at radius 3 is 3.11 bits per heavy atom. The lowest BCUT2D eigenvalue weighted by atomic mass is 10.3. The summed E-state index contributed by atoms with van der Waals surface area (Å²) in [4.78, 5) is 6.60. The molecule has 0 radical (unpaired) electrons. The molecule has 0 amide bonds. The lowest BCUT2D eigenvalue weighted by molar-refractivity contribution is 0.572. The van der Waals surface area contributed by atoms with Gasteiger partial charge in [-0.2, -0.15) is 4.98 Å². The van der Waals surface area contributed by atoms with Gasteiger partial charge >= 0.3 is 0 Å². The molecule has 2 heterocycles. The van der Waals surface area contributed by atoms with E-state index in [0.29, 0.717) is 27.8 Å². The van der Waals surface area contributed by atoms with E-state index in [9.17, 15) is 0 Å². The third kappa shape index (κ3) is 2.11. The summed E-state index contributed by atoms with van der Waals surface area (Å²) in [5.74, 6) is 0. The van der Waals surface area contributed by atoms with Crippen molar-refractivity contribution in [3.8, 4) is 0 Å². The zero-order valence-electron chi connectivity index (χ0n) is 9.95. The molecule has 0 atom stereocenters. The van der Waals surface area contributed by atoms with Gasteiger partial charge in [0.25, 0.3) is 6.01 Å². The van der Waals surface area contributed by atoms with Gasteiger partial charge in [-0.3, -0.25) is 0 Å². The van der Waals surface area contributed by atoms with Crippen LogP contribution < -0.4 is 16.0 Å². The number of hydrogen-bond acceptors (Lipinski definition) is 5. The van der Waals surface area contributed by atoms with Crippen molar-refractivity contribution in [2.45, 2.75) is 6.42 Å². The Morgan fingerprint density at radius 1 is 1.33 bits per heavy atom. The van der Waals surface area contributed by atoms with Crippen LogP contribution in [0.2, 0.25) is 5.02 Å². The maximum Gasteiger partial charge on any atom is 0.298 e. The smallest absolute Gasteiger partial charge is 0.298 e. The van der Waals surface area contributed by atoms with E-state index in [1.54, 1.807) is 12.1 Å². The maximum absolute atomic E-state index is 5.96. The Kier molecular flexibility index (Phi) is 3.01. The molecule has 3 rings (SSSR count). The minimum Gasteiger partial charge on any atom is -0.421 e. The van der Waals surface area contributed by atoms with Crippen LogP contribution in [0.4, 0.5) is 11.7 Å². The van der Waals surface area contributed by atoms with Gasteiger partial charge in [0.05, 0.1) is 5.69 Å². The predicted octanol–water partition coefficient (Wildman–Crippen LogP) is 1.86. The summed E-state index contributed by atoms with van der Waals surface area (Å²) in [6.45, 7) is 3.80. The van der Waals surface area contributed by atoms with Crippen LogP contribution in [-0.2, 0) is 0 Å². The standard InChI is InChI=1S/C12H15ClN4O/c13-8-6-9(14)11-10(7-8)16-12(18-11)17-4-1-2-15-3-5-17/h6-7,15H,1-5,14H2. The van der Waals surface area contributed by atoms with Crippen LogP contribution in [0.15, 0.2) is 16.5 Å². The fourth-order valence-corrected chi connectivity index (χ4v) is 2.40. The molecule has 0 bridgehead atoms. The summed E-state index contributed by atoms with van der Waals surface area (Å²) < 4.78 is 5.75. The molecule has 0 aliphatic carbocycles. The normalized spacial score (nSPS) is 17.1. The van der Waals surface area contributed by atoms with E-state index in [1.807, 2.05) is 0 Å². The van der Waals surface area contributed by atoms with Gasteiger partial charge in [0.2, 0.25) is 0 Å². The number of halogens is 1. The molecule has 0 saturated carbocycles. The highest BCUT2D eigenvalue weighted by Gasteiger charge is 2.17.